The Bertz CT molecular complexity index is 862. The molecule has 0 saturated heterocycles. The highest BCUT2D eigenvalue weighted by Gasteiger charge is 2.55. The van der Waals surface area contributed by atoms with Crippen LogP contribution in [0, 0.1) is 0 Å². The number of amidine groups is 1. The van der Waals surface area contributed by atoms with Gasteiger partial charge in [0.25, 0.3) is 0 Å². The van der Waals surface area contributed by atoms with Crippen LogP contribution in [0.15, 0.2) is 47.5 Å². The Kier molecular flexibility index (Phi) is 3.03. The summed E-state index contributed by atoms with van der Waals surface area (Å²) in [6, 6.07) is 13.5. The minimum Gasteiger partial charge on any atom is -0.497 e. The van der Waals surface area contributed by atoms with Crippen LogP contribution in [0.25, 0.3) is 0 Å². The number of fused-ring (bicyclic) bond motifs is 4. The monoisotopic (exact) mass is 324 g/mol. The molecule has 0 amide bonds. The van der Waals surface area contributed by atoms with Gasteiger partial charge in [0.05, 0.1) is 18.5 Å². The van der Waals surface area contributed by atoms with Gasteiger partial charge >= 0.3 is 0 Å². The van der Waals surface area contributed by atoms with Gasteiger partial charge < -0.3 is 9.64 Å². The zero-order chi connectivity index (χ0) is 16.2. The molecule has 0 aliphatic carbocycles. The normalized spacial score (nSPS) is 21.4. The number of aliphatic imine (C=N–C) groups is 1. The van der Waals surface area contributed by atoms with E-state index in [9.17, 15) is 4.79 Å². The first-order valence-electron chi connectivity index (χ1n) is 7.34. The zero-order valence-corrected chi connectivity index (χ0v) is 14.0. The second-order valence-electron chi connectivity index (χ2n) is 5.61. The van der Waals surface area contributed by atoms with Crippen molar-refractivity contribution in [2.24, 2.45) is 4.99 Å². The Balaban J connectivity index is 2.02. The predicted molar refractivity (Wildman–Crippen MR) is 94.5 cm³/mol. The summed E-state index contributed by atoms with van der Waals surface area (Å²) >= 11 is 1.53. The lowest BCUT2D eigenvalue weighted by Crippen LogP contribution is -2.50. The molecule has 0 saturated carbocycles. The number of nitrogens with zero attached hydrogens (tertiary/aromatic N) is 2. The largest absolute Gasteiger partial charge is 0.497 e. The summed E-state index contributed by atoms with van der Waals surface area (Å²) in [5.74, 6) is 1.54. The maximum Gasteiger partial charge on any atom is 0.193 e. The molecule has 116 valence electrons. The number of ether oxygens (including phenoxy) is 1. The van der Waals surface area contributed by atoms with E-state index < -0.39 is 4.75 Å². The van der Waals surface area contributed by atoms with Crippen molar-refractivity contribution >= 4 is 34.8 Å². The Labute approximate surface area is 139 Å². The molecule has 2 aromatic rings. The van der Waals surface area contributed by atoms with Crippen LogP contribution in [0.3, 0.4) is 0 Å². The van der Waals surface area contributed by atoms with E-state index in [1.807, 2.05) is 60.7 Å². The summed E-state index contributed by atoms with van der Waals surface area (Å²) in [4.78, 5) is 20.2. The van der Waals surface area contributed by atoms with Crippen LogP contribution in [-0.2, 0) is 4.75 Å². The lowest BCUT2D eigenvalue weighted by molar-refractivity contribution is 0.0968. The molecule has 4 nitrogen and oxygen atoms in total. The molecule has 0 spiro atoms. The first kappa shape index (κ1) is 14.3. The van der Waals surface area contributed by atoms with E-state index in [1.165, 1.54) is 11.8 Å². The van der Waals surface area contributed by atoms with Crippen molar-refractivity contribution < 1.29 is 9.53 Å². The quantitative estimate of drug-likeness (QED) is 0.846. The summed E-state index contributed by atoms with van der Waals surface area (Å²) in [6.07, 6.45) is 1.97. The molecule has 0 bridgehead atoms. The summed E-state index contributed by atoms with van der Waals surface area (Å²) < 4.78 is 4.53. The van der Waals surface area contributed by atoms with E-state index in [0.29, 0.717) is 11.3 Å². The standard InChI is InChI=1S/C18H16N2O2S/c1-20-15-9-8-11(22-2)10-12(15)16(21)18(23-3)13-6-4-5-7-14(13)19-17(18)20/h4-10H,1-3H3. The molecule has 0 radical (unpaired) electrons. The molecule has 2 aliphatic rings. The van der Waals surface area contributed by atoms with Gasteiger partial charge in [0, 0.05) is 18.2 Å². The summed E-state index contributed by atoms with van der Waals surface area (Å²) in [5, 5.41) is 0. The van der Waals surface area contributed by atoms with E-state index in [4.69, 9.17) is 9.73 Å². The highest BCUT2D eigenvalue weighted by atomic mass is 32.2. The number of Topliss-reactive ketones (excluding diaryl/α,β-unsaturated/α-hetero) is 1. The van der Waals surface area contributed by atoms with Crippen LogP contribution < -0.4 is 9.64 Å². The number of thioether (sulfide) groups is 1. The van der Waals surface area contributed by atoms with Crippen LogP contribution in [0.1, 0.15) is 15.9 Å². The number of ketones is 1. The molecule has 23 heavy (non-hydrogen) atoms. The van der Waals surface area contributed by atoms with Crippen molar-refractivity contribution in [3.63, 3.8) is 0 Å². The predicted octanol–water partition coefficient (Wildman–Crippen LogP) is 3.63. The Morgan fingerprint density at radius 2 is 2.00 bits per heavy atom. The molecule has 0 aromatic heterocycles. The minimum absolute atomic E-state index is 0.0701. The van der Waals surface area contributed by atoms with Gasteiger partial charge in [-0.3, -0.25) is 4.79 Å². The van der Waals surface area contributed by atoms with Gasteiger partial charge in [-0.1, -0.05) is 18.2 Å². The van der Waals surface area contributed by atoms with Crippen molar-refractivity contribution in [1.82, 2.24) is 0 Å². The highest BCUT2D eigenvalue weighted by molar-refractivity contribution is 8.01. The number of carbonyl (C=O) groups excluding carboxylic acids is 1. The molecule has 2 aromatic carbocycles. The summed E-state index contributed by atoms with van der Waals surface area (Å²) in [5.41, 5.74) is 3.38. The van der Waals surface area contributed by atoms with Gasteiger partial charge in [-0.25, -0.2) is 4.99 Å². The molecule has 2 aliphatic heterocycles. The van der Waals surface area contributed by atoms with Gasteiger partial charge in [0.1, 0.15) is 11.6 Å². The van der Waals surface area contributed by atoms with Gasteiger partial charge in [-0.05, 0) is 30.5 Å². The van der Waals surface area contributed by atoms with E-state index >= 15 is 0 Å². The van der Waals surface area contributed by atoms with Crippen LogP contribution in [0.2, 0.25) is 0 Å². The van der Waals surface area contributed by atoms with Crippen molar-refractivity contribution in [3.8, 4) is 5.75 Å². The summed E-state index contributed by atoms with van der Waals surface area (Å²) in [6.45, 7) is 0. The number of para-hydroxylation sites is 1. The third-order valence-corrected chi connectivity index (χ3v) is 5.78. The number of likely N-dealkylation sites (N-methyl/N-ethyl adjacent to an activating group) is 1. The zero-order valence-electron chi connectivity index (χ0n) is 13.2. The fraction of sp³-hybridized carbons (Fsp3) is 0.222. The van der Waals surface area contributed by atoms with Crippen LogP contribution in [0.4, 0.5) is 11.4 Å². The van der Waals surface area contributed by atoms with Crippen molar-refractivity contribution in [1.29, 1.82) is 0 Å². The molecule has 0 N–H and O–H groups in total. The van der Waals surface area contributed by atoms with E-state index in [1.54, 1.807) is 7.11 Å². The lowest BCUT2D eigenvalue weighted by atomic mass is 9.85. The van der Waals surface area contributed by atoms with Crippen LogP contribution in [-0.4, -0.2) is 32.0 Å². The van der Waals surface area contributed by atoms with Gasteiger partial charge in [-0.15, -0.1) is 11.8 Å². The number of methoxy groups -OCH3 is 1. The van der Waals surface area contributed by atoms with Gasteiger partial charge in [-0.2, -0.15) is 0 Å². The second-order valence-corrected chi connectivity index (χ2v) is 6.63. The van der Waals surface area contributed by atoms with Gasteiger partial charge in [0.15, 0.2) is 10.5 Å². The molecule has 4 rings (SSSR count). The van der Waals surface area contributed by atoms with Crippen molar-refractivity contribution in [2.45, 2.75) is 4.75 Å². The Morgan fingerprint density at radius 3 is 2.74 bits per heavy atom. The smallest absolute Gasteiger partial charge is 0.193 e. The lowest BCUT2D eigenvalue weighted by Gasteiger charge is -2.39. The molecular formula is C18H16N2O2S. The SMILES string of the molecule is COc1ccc2c(c1)C(=O)C1(SC)C(=Nc3ccccc31)N2C. The average molecular weight is 324 g/mol. The second kappa shape index (κ2) is 4.86. The molecule has 5 heteroatoms. The first-order valence-corrected chi connectivity index (χ1v) is 8.56. The number of benzene rings is 2. The third-order valence-electron chi connectivity index (χ3n) is 4.58. The average Bonchev–Trinajstić information content (AvgIpc) is 2.95. The number of hydrogen-bond acceptors (Lipinski definition) is 5. The van der Waals surface area contributed by atoms with Crippen molar-refractivity contribution in [2.75, 3.05) is 25.3 Å². The molecule has 1 atom stereocenters. The van der Waals surface area contributed by atoms with Gasteiger partial charge in [0.2, 0.25) is 0 Å². The highest BCUT2D eigenvalue weighted by Crippen LogP contribution is 2.53. The number of rotatable bonds is 2. The van der Waals surface area contributed by atoms with Crippen LogP contribution >= 0.6 is 11.8 Å². The van der Waals surface area contributed by atoms with Crippen LogP contribution in [0.5, 0.6) is 5.75 Å². The molecule has 1 unspecified atom stereocenters. The number of carbonyl (C=O) groups is 1. The third kappa shape index (κ3) is 1.68. The summed E-state index contributed by atoms with van der Waals surface area (Å²) in [7, 11) is 3.58. The first-order chi connectivity index (χ1) is 11.1. The maximum atomic E-state index is 13.4. The Hall–Kier alpha value is -2.27. The number of hydrogen-bond donors (Lipinski definition) is 0. The molecule has 0 fully saturated rings. The molecular weight excluding hydrogens is 308 g/mol. The van der Waals surface area contributed by atoms with E-state index in [0.717, 1.165) is 22.8 Å². The van der Waals surface area contributed by atoms with E-state index in [-0.39, 0.29) is 5.78 Å². The fourth-order valence-corrected chi connectivity index (χ4v) is 4.48. The van der Waals surface area contributed by atoms with Crippen molar-refractivity contribution in [3.05, 3.63) is 53.6 Å². The number of anilines is 1. The maximum absolute atomic E-state index is 13.4. The molecule has 2 heterocycles. The van der Waals surface area contributed by atoms with E-state index in [2.05, 4.69) is 0 Å². The minimum atomic E-state index is -0.773. The fourth-order valence-electron chi connectivity index (χ4n) is 3.43. The topological polar surface area (TPSA) is 41.9 Å². The Morgan fingerprint density at radius 1 is 1.22 bits per heavy atom.